The lowest BCUT2D eigenvalue weighted by molar-refractivity contribution is -0.143. The van der Waals surface area contributed by atoms with Crippen molar-refractivity contribution in [3.05, 3.63) is 34.9 Å². The fraction of sp³-hybridized carbons (Fsp3) is 0.500. The Morgan fingerprint density at radius 2 is 2.00 bits per heavy atom. The van der Waals surface area contributed by atoms with E-state index in [9.17, 15) is 9.59 Å². The summed E-state index contributed by atoms with van der Waals surface area (Å²) in [4.78, 5) is 24.0. The summed E-state index contributed by atoms with van der Waals surface area (Å²) in [7, 11) is 1.33. The second-order valence-corrected chi connectivity index (χ2v) is 5.66. The van der Waals surface area contributed by atoms with Crippen molar-refractivity contribution in [1.29, 1.82) is 0 Å². The molecule has 0 spiro atoms. The second kappa shape index (κ2) is 6.72. The molecular weight excluding hydrogens is 270 g/mol. The van der Waals surface area contributed by atoms with Gasteiger partial charge in [0.15, 0.2) is 0 Å². The average Bonchev–Trinajstić information content (AvgIpc) is 2.92. The Kier molecular flexibility index (Phi) is 4.96. The van der Waals surface area contributed by atoms with Crippen LogP contribution in [0.25, 0.3) is 0 Å². The molecule has 1 atom stereocenters. The highest BCUT2D eigenvalue weighted by molar-refractivity contribution is 5.97. The van der Waals surface area contributed by atoms with Crippen molar-refractivity contribution in [2.75, 3.05) is 7.11 Å². The lowest BCUT2D eigenvalue weighted by Gasteiger charge is -2.18. The van der Waals surface area contributed by atoms with Crippen molar-refractivity contribution < 1.29 is 19.1 Å². The van der Waals surface area contributed by atoms with Crippen molar-refractivity contribution in [2.45, 2.75) is 39.5 Å². The molecule has 1 aliphatic heterocycles. The summed E-state index contributed by atoms with van der Waals surface area (Å²) in [5, 5.41) is 2.75. The van der Waals surface area contributed by atoms with Crippen LogP contribution in [0.15, 0.2) is 18.2 Å². The maximum Gasteiger partial charge on any atom is 0.328 e. The van der Waals surface area contributed by atoms with Gasteiger partial charge in [0.2, 0.25) is 0 Å². The Hall–Kier alpha value is -1.88. The number of hydrogen-bond donors (Lipinski definition) is 1. The molecule has 0 radical (unpaired) electrons. The zero-order valence-electron chi connectivity index (χ0n) is 12.6. The van der Waals surface area contributed by atoms with Crippen LogP contribution in [0, 0.1) is 5.92 Å². The molecule has 0 aromatic heterocycles. The molecule has 5 heteroatoms. The van der Waals surface area contributed by atoms with Crippen molar-refractivity contribution >= 4 is 11.9 Å². The van der Waals surface area contributed by atoms with E-state index in [1.165, 1.54) is 7.11 Å². The number of methoxy groups -OCH3 is 1. The Morgan fingerprint density at radius 3 is 2.67 bits per heavy atom. The molecule has 1 N–H and O–H groups in total. The monoisotopic (exact) mass is 291 g/mol. The highest BCUT2D eigenvalue weighted by atomic mass is 16.5. The van der Waals surface area contributed by atoms with Gasteiger partial charge in [0.05, 0.1) is 20.3 Å². The maximum absolute atomic E-state index is 12.3. The van der Waals surface area contributed by atoms with E-state index in [-0.39, 0.29) is 11.8 Å². The molecular formula is C16H21NO4. The second-order valence-electron chi connectivity index (χ2n) is 5.66. The largest absolute Gasteiger partial charge is 0.467 e. The molecule has 0 fully saturated rings. The number of ether oxygens (including phenoxy) is 2. The van der Waals surface area contributed by atoms with Gasteiger partial charge in [-0.2, -0.15) is 0 Å². The number of carbonyl (C=O) groups excluding carboxylic acids is 2. The van der Waals surface area contributed by atoms with Crippen LogP contribution in [-0.4, -0.2) is 25.0 Å². The first-order valence-electron chi connectivity index (χ1n) is 7.09. The summed E-state index contributed by atoms with van der Waals surface area (Å²) >= 11 is 0. The van der Waals surface area contributed by atoms with E-state index < -0.39 is 12.0 Å². The Morgan fingerprint density at radius 1 is 1.29 bits per heavy atom. The van der Waals surface area contributed by atoms with Gasteiger partial charge in [0.25, 0.3) is 5.91 Å². The Bertz CT molecular complexity index is 539. The Labute approximate surface area is 124 Å². The summed E-state index contributed by atoms with van der Waals surface area (Å²) < 4.78 is 10.1. The number of rotatable bonds is 5. The molecule has 0 bridgehead atoms. The molecule has 1 aromatic rings. The predicted molar refractivity (Wildman–Crippen MR) is 77.7 cm³/mol. The normalized spacial score (nSPS) is 14.7. The van der Waals surface area contributed by atoms with E-state index in [2.05, 4.69) is 5.32 Å². The van der Waals surface area contributed by atoms with Crippen LogP contribution in [0.1, 0.15) is 41.8 Å². The van der Waals surface area contributed by atoms with Crippen LogP contribution >= 0.6 is 0 Å². The van der Waals surface area contributed by atoms with E-state index in [4.69, 9.17) is 9.47 Å². The molecule has 1 amide bonds. The van der Waals surface area contributed by atoms with Crippen molar-refractivity contribution in [3.63, 3.8) is 0 Å². The van der Waals surface area contributed by atoms with Crippen LogP contribution < -0.4 is 5.32 Å². The topological polar surface area (TPSA) is 64.6 Å². The quantitative estimate of drug-likeness (QED) is 0.843. The number of hydrogen-bond acceptors (Lipinski definition) is 4. The highest BCUT2D eigenvalue weighted by Crippen LogP contribution is 2.21. The van der Waals surface area contributed by atoms with Gasteiger partial charge >= 0.3 is 5.97 Å². The molecule has 0 saturated heterocycles. The van der Waals surface area contributed by atoms with Crippen molar-refractivity contribution in [1.82, 2.24) is 5.32 Å². The van der Waals surface area contributed by atoms with Gasteiger partial charge in [0, 0.05) is 5.56 Å². The summed E-state index contributed by atoms with van der Waals surface area (Å²) in [5.41, 5.74) is 2.68. The van der Waals surface area contributed by atoms with E-state index in [0.717, 1.165) is 11.1 Å². The van der Waals surface area contributed by atoms with Gasteiger partial charge in [-0.05, 0) is 35.6 Å². The molecule has 2 rings (SSSR count). The molecule has 114 valence electrons. The third kappa shape index (κ3) is 3.82. The third-order valence-corrected chi connectivity index (χ3v) is 3.48. The maximum atomic E-state index is 12.3. The molecule has 21 heavy (non-hydrogen) atoms. The first-order chi connectivity index (χ1) is 10.0. The number of carbonyl (C=O) groups is 2. The molecule has 1 aromatic carbocycles. The van der Waals surface area contributed by atoms with Crippen molar-refractivity contribution in [2.24, 2.45) is 5.92 Å². The fourth-order valence-electron chi connectivity index (χ4n) is 2.38. The number of fused-ring (bicyclic) bond motifs is 1. The fourth-order valence-corrected chi connectivity index (χ4v) is 2.38. The van der Waals surface area contributed by atoms with Crippen LogP contribution in [0.2, 0.25) is 0 Å². The molecule has 5 nitrogen and oxygen atoms in total. The first kappa shape index (κ1) is 15.5. The third-order valence-electron chi connectivity index (χ3n) is 3.48. The van der Waals surface area contributed by atoms with Crippen LogP contribution in [0.4, 0.5) is 0 Å². The first-order valence-corrected chi connectivity index (χ1v) is 7.09. The lowest BCUT2D eigenvalue weighted by atomic mass is 10.0. The number of benzene rings is 1. The standard InChI is InChI=1S/C16H21NO4/c1-10(2)6-14(16(19)20-3)17-15(18)11-4-5-12-8-21-9-13(12)7-11/h4-5,7,10,14H,6,8-9H2,1-3H3,(H,17,18). The van der Waals surface area contributed by atoms with Crippen LogP contribution in [-0.2, 0) is 27.5 Å². The summed E-state index contributed by atoms with van der Waals surface area (Å²) in [6.07, 6.45) is 0.548. The van der Waals surface area contributed by atoms with Crippen LogP contribution in [0.3, 0.4) is 0 Å². The number of esters is 1. The minimum Gasteiger partial charge on any atom is -0.467 e. The van der Waals surface area contributed by atoms with E-state index in [0.29, 0.717) is 25.2 Å². The van der Waals surface area contributed by atoms with E-state index in [1.54, 1.807) is 6.07 Å². The average molecular weight is 291 g/mol. The van der Waals surface area contributed by atoms with Crippen LogP contribution in [0.5, 0.6) is 0 Å². The van der Waals surface area contributed by atoms with Gasteiger partial charge in [0.1, 0.15) is 6.04 Å². The smallest absolute Gasteiger partial charge is 0.328 e. The number of nitrogens with one attached hydrogen (secondary N) is 1. The molecule has 1 heterocycles. The minimum absolute atomic E-state index is 0.263. The van der Waals surface area contributed by atoms with Gasteiger partial charge in [-0.15, -0.1) is 0 Å². The van der Waals surface area contributed by atoms with E-state index >= 15 is 0 Å². The van der Waals surface area contributed by atoms with Gasteiger partial charge in [-0.1, -0.05) is 19.9 Å². The Balaban J connectivity index is 2.09. The minimum atomic E-state index is -0.619. The van der Waals surface area contributed by atoms with E-state index in [1.807, 2.05) is 26.0 Å². The molecule has 1 aliphatic rings. The highest BCUT2D eigenvalue weighted by Gasteiger charge is 2.23. The van der Waals surface area contributed by atoms with Gasteiger partial charge in [-0.3, -0.25) is 4.79 Å². The predicted octanol–water partition coefficient (Wildman–Crippen LogP) is 2.03. The molecule has 1 unspecified atom stereocenters. The lowest BCUT2D eigenvalue weighted by Crippen LogP contribution is -2.42. The number of amides is 1. The zero-order chi connectivity index (χ0) is 15.4. The molecule has 0 aliphatic carbocycles. The summed E-state index contributed by atoms with van der Waals surface area (Å²) in [6.45, 7) is 5.11. The summed E-state index contributed by atoms with van der Waals surface area (Å²) in [6, 6.07) is 4.85. The van der Waals surface area contributed by atoms with Crippen molar-refractivity contribution in [3.8, 4) is 0 Å². The van der Waals surface area contributed by atoms with Gasteiger partial charge < -0.3 is 14.8 Å². The molecule has 0 saturated carbocycles. The zero-order valence-corrected chi connectivity index (χ0v) is 12.6. The summed E-state index contributed by atoms with van der Waals surface area (Å²) in [5.74, 6) is -0.398. The van der Waals surface area contributed by atoms with Gasteiger partial charge in [-0.25, -0.2) is 4.79 Å². The SMILES string of the molecule is COC(=O)C(CC(C)C)NC(=O)c1ccc2c(c1)COC2.